The third-order valence-corrected chi connectivity index (χ3v) is 5.58. The zero-order valence-electron chi connectivity index (χ0n) is 14.3. The predicted octanol–water partition coefficient (Wildman–Crippen LogP) is 4.08. The summed E-state index contributed by atoms with van der Waals surface area (Å²) in [6.07, 6.45) is 10.5. The lowest BCUT2D eigenvalue weighted by Gasteiger charge is -2.36. The molecule has 1 heterocycles. The maximum absolute atomic E-state index is 12.4. The minimum absolute atomic E-state index is 0.0900. The zero-order valence-corrected chi connectivity index (χ0v) is 15.0. The number of halogens is 1. The van der Waals surface area contributed by atoms with E-state index in [9.17, 15) is 4.79 Å². The van der Waals surface area contributed by atoms with Crippen molar-refractivity contribution in [3.8, 4) is 0 Å². The number of carbonyl (C=O) groups excluding carboxylic acids is 1. The van der Waals surface area contributed by atoms with Crippen LogP contribution in [0.3, 0.4) is 0 Å². The fourth-order valence-electron chi connectivity index (χ4n) is 3.76. The number of benzene rings is 1. The van der Waals surface area contributed by atoms with Crippen LogP contribution in [-0.4, -0.2) is 48.4 Å². The zero-order chi connectivity index (χ0) is 16.8. The first-order valence-corrected chi connectivity index (χ1v) is 9.54. The molecule has 1 aliphatic carbocycles. The maximum atomic E-state index is 12.4. The van der Waals surface area contributed by atoms with Crippen molar-refractivity contribution in [2.24, 2.45) is 5.92 Å². The van der Waals surface area contributed by atoms with Crippen molar-refractivity contribution in [2.45, 2.75) is 32.1 Å². The lowest BCUT2D eigenvalue weighted by molar-refractivity contribution is -0.127. The van der Waals surface area contributed by atoms with Crippen molar-refractivity contribution in [1.29, 1.82) is 0 Å². The van der Waals surface area contributed by atoms with Crippen molar-refractivity contribution in [3.63, 3.8) is 0 Å². The molecule has 3 rings (SSSR count). The third-order valence-electron chi connectivity index (χ3n) is 5.24. The number of carbonyl (C=O) groups is 1. The van der Waals surface area contributed by atoms with Gasteiger partial charge in [0.25, 0.3) is 0 Å². The standard InChI is InChI=1S/C20H27ClN2O/c21-19-9-5-4-8-18(19)10-11-20(24)23-14-12-22(13-15-23)16-17-6-2-1-3-7-17/h4-5,8-11,17H,1-3,6-7,12-16H2. The Kier molecular flexibility index (Phi) is 6.33. The van der Waals surface area contributed by atoms with Crippen LogP contribution in [0.5, 0.6) is 0 Å². The maximum Gasteiger partial charge on any atom is 0.246 e. The number of hydrogen-bond donors (Lipinski definition) is 0. The van der Waals surface area contributed by atoms with E-state index in [1.54, 1.807) is 6.08 Å². The summed E-state index contributed by atoms with van der Waals surface area (Å²) in [6, 6.07) is 7.59. The van der Waals surface area contributed by atoms with Gasteiger partial charge in [-0.2, -0.15) is 0 Å². The van der Waals surface area contributed by atoms with Gasteiger partial charge >= 0.3 is 0 Å². The lowest BCUT2D eigenvalue weighted by Crippen LogP contribution is -2.49. The van der Waals surface area contributed by atoms with E-state index < -0.39 is 0 Å². The minimum atomic E-state index is 0.0900. The normalized spacial score (nSPS) is 20.6. The molecule has 0 bridgehead atoms. The highest BCUT2D eigenvalue weighted by atomic mass is 35.5. The summed E-state index contributed by atoms with van der Waals surface area (Å²) in [5.41, 5.74) is 0.892. The SMILES string of the molecule is O=C(C=Cc1ccccc1Cl)N1CCN(CC2CCCCC2)CC1. The third kappa shape index (κ3) is 4.84. The predicted molar refractivity (Wildman–Crippen MR) is 100 cm³/mol. The van der Waals surface area contributed by atoms with Crippen LogP contribution in [0.4, 0.5) is 0 Å². The van der Waals surface area contributed by atoms with E-state index in [1.165, 1.54) is 38.6 Å². The van der Waals surface area contributed by atoms with Gasteiger partial charge in [0, 0.05) is 43.8 Å². The topological polar surface area (TPSA) is 23.6 Å². The van der Waals surface area contributed by atoms with Crippen molar-refractivity contribution < 1.29 is 4.79 Å². The van der Waals surface area contributed by atoms with E-state index >= 15 is 0 Å². The first kappa shape index (κ1) is 17.5. The fourth-order valence-corrected chi connectivity index (χ4v) is 3.96. The van der Waals surface area contributed by atoms with Crippen LogP contribution < -0.4 is 0 Å². The molecule has 1 saturated carbocycles. The molecule has 1 aromatic carbocycles. The highest BCUT2D eigenvalue weighted by Crippen LogP contribution is 2.24. The molecule has 0 spiro atoms. The van der Waals surface area contributed by atoms with Crippen molar-refractivity contribution >= 4 is 23.6 Å². The van der Waals surface area contributed by atoms with Crippen LogP contribution in [0.15, 0.2) is 30.3 Å². The van der Waals surface area contributed by atoms with Gasteiger partial charge in [0.1, 0.15) is 0 Å². The smallest absolute Gasteiger partial charge is 0.246 e. The van der Waals surface area contributed by atoms with Crippen molar-refractivity contribution in [2.75, 3.05) is 32.7 Å². The second kappa shape index (κ2) is 8.68. The van der Waals surface area contributed by atoms with E-state index in [0.29, 0.717) is 5.02 Å². The van der Waals surface area contributed by atoms with Gasteiger partial charge in [-0.15, -0.1) is 0 Å². The molecule has 4 heteroatoms. The summed E-state index contributed by atoms with van der Waals surface area (Å²) < 4.78 is 0. The van der Waals surface area contributed by atoms with Crippen LogP contribution in [0, 0.1) is 5.92 Å². The Hall–Kier alpha value is -1.32. The van der Waals surface area contributed by atoms with Gasteiger partial charge in [-0.3, -0.25) is 9.69 Å². The van der Waals surface area contributed by atoms with E-state index in [4.69, 9.17) is 11.6 Å². The first-order chi connectivity index (χ1) is 11.7. The Morgan fingerprint density at radius 2 is 1.79 bits per heavy atom. The van der Waals surface area contributed by atoms with Gasteiger partial charge in [-0.05, 0) is 36.5 Å². The molecule has 2 fully saturated rings. The molecular formula is C20H27ClN2O. The molecule has 1 aromatic rings. The fraction of sp³-hybridized carbons (Fsp3) is 0.550. The average Bonchev–Trinajstić information content (AvgIpc) is 2.62. The molecule has 0 N–H and O–H groups in total. The summed E-state index contributed by atoms with van der Waals surface area (Å²) in [4.78, 5) is 16.8. The largest absolute Gasteiger partial charge is 0.337 e. The number of hydrogen-bond acceptors (Lipinski definition) is 2. The van der Waals surface area contributed by atoms with Gasteiger partial charge in [0.15, 0.2) is 0 Å². The van der Waals surface area contributed by atoms with Crippen molar-refractivity contribution in [1.82, 2.24) is 9.80 Å². The Morgan fingerprint density at radius 3 is 2.50 bits per heavy atom. The molecular weight excluding hydrogens is 320 g/mol. The molecule has 2 aliphatic rings. The number of piperazine rings is 1. The molecule has 24 heavy (non-hydrogen) atoms. The van der Waals surface area contributed by atoms with Gasteiger partial charge in [0.2, 0.25) is 5.91 Å². The molecule has 3 nitrogen and oxygen atoms in total. The molecule has 0 unspecified atom stereocenters. The Morgan fingerprint density at radius 1 is 1.08 bits per heavy atom. The Bertz CT molecular complexity index is 573. The lowest BCUT2D eigenvalue weighted by atomic mass is 9.89. The first-order valence-electron chi connectivity index (χ1n) is 9.16. The highest BCUT2D eigenvalue weighted by Gasteiger charge is 2.22. The molecule has 1 aliphatic heterocycles. The van der Waals surface area contributed by atoms with Gasteiger partial charge in [-0.1, -0.05) is 49.1 Å². The molecule has 0 atom stereocenters. The second-order valence-electron chi connectivity index (χ2n) is 6.98. The summed E-state index contributed by atoms with van der Waals surface area (Å²) >= 11 is 6.12. The molecule has 0 radical (unpaired) electrons. The van der Waals surface area contributed by atoms with Crippen LogP contribution >= 0.6 is 11.6 Å². The van der Waals surface area contributed by atoms with Crippen LogP contribution in [-0.2, 0) is 4.79 Å². The molecule has 0 aromatic heterocycles. The summed E-state index contributed by atoms with van der Waals surface area (Å²) in [6.45, 7) is 4.89. The van der Waals surface area contributed by atoms with Gasteiger partial charge in [-0.25, -0.2) is 0 Å². The highest BCUT2D eigenvalue weighted by molar-refractivity contribution is 6.32. The van der Waals surface area contributed by atoms with E-state index in [0.717, 1.165) is 37.7 Å². The second-order valence-corrected chi connectivity index (χ2v) is 7.39. The van der Waals surface area contributed by atoms with E-state index in [1.807, 2.05) is 35.2 Å². The molecule has 130 valence electrons. The van der Waals surface area contributed by atoms with Crippen LogP contribution in [0.1, 0.15) is 37.7 Å². The minimum Gasteiger partial charge on any atom is -0.337 e. The summed E-state index contributed by atoms with van der Waals surface area (Å²) in [7, 11) is 0. The molecule has 1 amide bonds. The van der Waals surface area contributed by atoms with Gasteiger partial charge < -0.3 is 4.90 Å². The van der Waals surface area contributed by atoms with E-state index in [-0.39, 0.29) is 5.91 Å². The quantitative estimate of drug-likeness (QED) is 0.767. The molecule has 1 saturated heterocycles. The number of nitrogens with zero attached hydrogens (tertiary/aromatic N) is 2. The Labute approximate surface area is 150 Å². The van der Waals surface area contributed by atoms with Gasteiger partial charge in [0.05, 0.1) is 0 Å². The Balaban J connectivity index is 1.45. The summed E-state index contributed by atoms with van der Waals surface area (Å²) in [5.74, 6) is 0.966. The number of amides is 1. The number of rotatable bonds is 4. The average molecular weight is 347 g/mol. The monoisotopic (exact) mass is 346 g/mol. The summed E-state index contributed by atoms with van der Waals surface area (Å²) in [5, 5.41) is 0.679. The van der Waals surface area contributed by atoms with E-state index in [2.05, 4.69) is 4.90 Å². The van der Waals surface area contributed by atoms with Crippen LogP contribution in [0.2, 0.25) is 5.02 Å². The van der Waals surface area contributed by atoms with Crippen LogP contribution in [0.25, 0.3) is 6.08 Å². The van der Waals surface area contributed by atoms with Crippen molar-refractivity contribution in [3.05, 3.63) is 40.9 Å².